The zero-order chi connectivity index (χ0) is 40.3. The van der Waals surface area contributed by atoms with Crippen molar-refractivity contribution in [3.63, 3.8) is 0 Å². The average Bonchev–Trinajstić information content (AvgIpc) is 3.86. The van der Waals surface area contributed by atoms with E-state index in [2.05, 4.69) is 241 Å². The van der Waals surface area contributed by atoms with E-state index < -0.39 is 5.41 Å². The van der Waals surface area contributed by atoms with Crippen molar-refractivity contribution in [2.75, 3.05) is 4.90 Å². The number of thiophene rings is 1. The van der Waals surface area contributed by atoms with Gasteiger partial charge in [0.05, 0.1) is 5.41 Å². The van der Waals surface area contributed by atoms with Crippen LogP contribution in [0, 0.1) is 0 Å². The van der Waals surface area contributed by atoms with Gasteiger partial charge >= 0.3 is 0 Å². The van der Waals surface area contributed by atoms with Crippen LogP contribution < -0.4 is 4.90 Å². The van der Waals surface area contributed by atoms with Gasteiger partial charge in [-0.15, -0.1) is 11.3 Å². The van der Waals surface area contributed by atoms with Crippen LogP contribution in [0.4, 0.5) is 17.1 Å². The topological polar surface area (TPSA) is 3.24 Å². The van der Waals surface area contributed by atoms with Crippen LogP contribution >= 0.6 is 11.3 Å². The van der Waals surface area contributed by atoms with Gasteiger partial charge in [0.1, 0.15) is 0 Å². The molecule has 0 saturated heterocycles. The van der Waals surface area contributed by atoms with E-state index in [9.17, 15) is 0 Å². The highest BCUT2D eigenvalue weighted by molar-refractivity contribution is 7.25. The standard InChI is InChI=1S/C59H39NS/c1-3-17-46(18-4-1)59(47-19-5-2-6-20-47)55-24-11-9-22-51(55)52-34-33-50(39-56(52)59)60(48-31-28-41(29-32-48)44-27-26-40-14-7-8-15-42(40)36-44)49-21-13-16-43(37-49)45-30-35-58-54(38-45)53-23-10-12-25-57(53)61-58/h1-39H. The lowest BCUT2D eigenvalue weighted by Gasteiger charge is -2.35. The molecule has 0 atom stereocenters. The van der Waals surface area contributed by atoms with E-state index in [1.165, 1.54) is 86.6 Å². The van der Waals surface area contributed by atoms with Crippen molar-refractivity contribution in [1.29, 1.82) is 0 Å². The van der Waals surface area contributed by atoms with Gasteiger partial charge in [-0.2, -0.15) is 0 Å². The lowest BCUT2D eigenvalue weighted by atomic mass is 9.67. The van der Waals surface area contributed by atoms with Crippen LogP contribution in [0.1, 0.15) is 22.3 Å². The molecule has 0 bridgehead atoms. The molecule has 0 fully saturated rings. The first kappa shape index (κ1) is 35.4. The molecule has 0 N–H and O–H groups in total. The Bertz CT molecular complexity index is 3380. The molecule has 11 aromatic rings. The molecule has 1 aliphatic carbocycles. The minimum atomic E-state index is -0.503. The first-order chi connectivity index (χ1) is 30.2. The number of benzene rings is 10. The van der Waals surface area contributed by atoms with Gasteiger partial charge < -0.3 is 4.90 Å². The molecule has 10 aromatic carbocycles. The number of rotatable bonds is 7. The molecule has 1 aliphatic rings. The van der Waals surface area contributed by atoms with E-state index in [4.69, 9.17) is 0 Å². The van der Waals surface area contributed by atoms with E-state index >= 15 is 0 Å². The lowest BCUT2D eigenvalue weighted by molar-refractivity contribution is 0.768. The van der Waals surface area contributed by atoms with Crippen molar-refractivity contribution in [2.45, 2.75) is 5.41 Å². The van der Waals surface area contributed by atoms with Crippen molar-refractivity contribution in [1.82, 2.24) is 0 Å². The molecule has 1 nitrogen and oxygen atoms in total. The molecule has 0 aliphatic heterocycles. The number of nitrogens with zero attached hydrogens (tertiary/aromatic N) is 1. The Morgan fingerprint density at radius 2 is 0.902 bits per heavy atom. The Labute approximate surface area is 360 Å². The zero-order valence-corrected chi connectivity index (χ0v) is 34.2. The first-order valence-corrected chi connectivity index (χ1v) is 21.8. The Balaban J connectivity index is 1.05. The second kappa shape index (κ2) is 14.3. The predicted molar refractivity (Wildman–Crippen MR) is 260 cm³/mol. The fraction of sp³-hybridized carbons (Fsp3) is 0.0169. The molecule has 1 aromatic heterocycles. The molecule has 2 heteroatoms. The molecule has 12 rings (SSSR count). The van der Waals surface area contributed by atoms with Gasteiger partial charge in [-0.3, -0.25) is 0 Å². The largest absolute Gasteiger partial charge is 0.310 e. The summed E-state index contributed by atoms with van der Waals surface area (Å²) in [6, 6.07) is 87.4. The Morgan fingerprint density at radius 3 is 1.72 bits per heavy atom. The van der Waals surface area contributed by atoms with Crippen LogP contribution in [0.15, 0.2) is 237 Å². The molecular weight excluding hydrogens is 755 g/mol. The third-order valence-electron chi connectivity index (χ3n) is 12.7. The van der Waals surface area contributed by atoms with Gasteiger partial charge in [0.2, 0.25) is 0 Å². The third-order valence-corrected chi connectivity index (χ3v) is 13.9. The van der Waals surface area contributed by atoms with Crippen LogP contribution in [-0.4, -0.2) is 0 Å². The van der Waals surface area contributed by atoms with Gasteiger partial charge in [-0.1, -0.05) is 176 Å². The SMILES string of the molecule is c1ccc(C2(c3ccccc3)c3ccccc3-c3ccc(N(c4ccc(-c5ccc6ccccc6c5)cc4)c4cccc(-c5ccc6sc7ccccc7c6c5)c4)cc32)cc1. The van der Waals surface area contributed by atoms with Crippen molar-refractivity contribution in [3.05, 3.63) is 259 Å². The highest BCUT2D eigenvalue weighted by Gasteiger charge is 2.46. The van der Waals surface area contributed by atoms with E-state index in [1.807, 2.05) is 11.3 Å². The third kappa shape index (κ3) is 5.75. The smallest absolute Gasteiger partial charge is 0.0714 e. The van der Waals surface area contributed by atoms with E-state index in [-0.39, 0.29) is 0 Å². The summed E-state index contributed by atoms with van der Waals surface area (Å²) in [5, 5.41) is 5.12. The fourth-order valence-electron chi connectivity index (χ4n) is 9.92. The fourth-order valence-corrected chi connectivity index (χ4v) is 11.0. The van der Waals surface area contributed by atoms with Crippen LogP contribution in [-0.2, 0) is 5.41 Å². The quantitative estimate of drug-likeness (QED) is 0.155. The highest BCUT2D eigenvalue weighted by atomic mass is 32.1. The summed E-state index contributed by atoms with van der Waals surface area (Å²) in [4.78, 5) is 2.44. The number of anilines is 3. The van der Waals surface area contributed by atoms with Gasteiger partial charge in [0.25, 0.3) is 0 Å². The summed E-state index contributed by atoms with van der Waals surface area (Å²) in [6.07, 6.45) is 0. The van der Waals surface area contributed by atoms with Crippen LogP contribution in [0.2, 0.25) is 0 Å². The molecule has 0 amide bonds. The summed E-state index contributed by atoms with van der Waals surface area (Å²) in [5.41, 5.74) is 15.3. The maximum absolute atomic E-state index is 2.46. The highest BCUT2D eigenvalue weighted by Crippen LogP contribution is 2.57. The maximum atomic E-state index is 2.46. The number of fused-ring (bicyclic) bond motifs is 7. The van der Waals surface area contributed by atoms with E-state index in [0.717, 1.165) is 17.1 Å². The minimum absolute atomic E-state index is 0.503. The zero-order valence-electron chi connectivity index (χ0n) is 33.4. The van der Waals surface area contributed by atoms with Gasteiger partial charge in [0, 0.05) is 37.2 Å². The molecule has 1 heterocycles. The van der Waals surface area contributed by atoms with Crippen LogP contribution in [0.3, 0.4) is 0 Å². The molecule has 0 spiro atoms. The Kier molecular flexibility index (Phi) is 8.33. The second-order valence-corrected chi connectivity index (χ2v) is 17.1. The van der Waals surface area contributed by atoms with Crippen LogP contribution in [0.5, 0.6) is 0 Å². The van der Waals surface area contributed by atoms with Crippen LogP contribution in [0.25, 0.3) is 64.3 Å². The van der Waals surface area contributed by atoms with Crippen molar-refractivity contribution in [2.24, 2.45) is 0 Å². The van der Waals surface area contributed by atoms with Gasteiger partial charge in [0.15, 0.2) is 0 Å². The normalized spacial score (nSPS) is 12.7. The predicted octanol–water partition coefficient (Wildman–Crippen LogP) is 16.4. The van der Waals surface area contributed by atoms with Crippen molar-refractivity contribution in [3.8, 4) is 33.4 Å². The average molecular weight is 794 g/mol. The van der Waals surface area contributed by atoms with E-state index in [1.54, 1.807) is 0 Å². The second-order valence-electron chi connectivity index (χ2n) is 16.1. The first-order valence-electron chi connectivity index (χ1n) is 21.0. The summed E-state index contributed by atoms with van der Waals surface area (Å²) in [6.45, 7) is 0. The monoisotopic (exact) mass is 793 g/mol. The summed E-state index contributed by atoms with van der Waals surface area (Å²) in [7, 11) is 0. The summed E-state index contributed by atoms with van der Waals surface area (Å²) >= 11 is 1.86. The summed E-state index contributed by atoms with van der Waals surface area (Å²) in [5.74, 6) is 0. The van der Waals surface area contributed by atoms with Gasteiger partial charge in [-0.25, -0.2) is 0 Å². The molecule has 0 radical (unpaired) electrons. The lowest BCUT2D eigenvalue weighted by Crippen LogP contribution is -2.28. The van der Waals surface area contributed by atoms with Crippen molar-refractivity contribution < 1.29 is 0 Å². The molecule has 0 saturated carbocycles. The van der Waals surface area contributed by atoms with E-state index in [0.29, 0.717) is 0 Å². The molecular formula is C59H39NS. The van der Waals surface area contributed by atoms with Gasteiger partial charge in [-0.05, 0) is 127 Å². The van der Waals surface area contributed by atoms with Crippen molar-refractivity contribution >= 4 is 59.3 Å². The summed E-state index contributed by atoms with van der Waals surface area (Å²) < 4.78 is 2.64. The maximum Gasteiger partial charge on any atom is 0.0714 e. The number of hydrogen-bond donors (Lipinski definition) is 0. The Hall–Kier alpha value is -7.52. The molecule has 61 heavy (non-hydrogen) atoms. The molecule has 0 unspecified atom stereocenters. The molecule has 286 valence electrons. The minimum Gasteiger partial charge on any atom is -0.310 e. The number of hydrogen-bond acceptors (Lipinski definition) is 2. The Morgan fingerprint density at radius 1 is 0.311 bits per heavy atom.